The maximum atomic E-state index is 8.93. The van der Waals surface area contributed by atoms with Crippen molar-refractivity contribution in [2.24, 2.45) is 5.73 Å². The largest absolute Gasteiger partial charge is 0.373 e. The van der Waals surface area contributed by atoms with Gasteiger partial charge in [0, 0.05) is 19.1 Å². The van der Waals surface area contributed by atoms with Crippen LogP contribution >= 0.6 is 0 Å². The number of morpholine rings is 1. The number of nitriles is 1. The fourth-order valence-corrected chi connectivity index (χ4v) is 2.22. The molecule has 92 valence electrons. The third-order valence-corrected chi connectivity index (χ3v) is 3.05. The van der Waals surface area contributed by atoms with Crippen molar-refractivity contribution in [1.82, 2.24) is 4.90 Å². The van der Waals surface area contributed by atoms with Gasteiger partial charge in [-0.25, -0.2) is 0 Å². The first kappa shape index (κ1) is 13.4. The van der Waals surface area contributed by atoms with Gasteiger partial charge in [0.25, 0.3) is 0 Å². The number of ether oxygens (including phenoxy) is 1. The molecule has 0 aromatic carbocycles. The van der Waals surface area contributed by atoms with Crippen molar-refractivity contribution in [2.75, 3.05) is 19.7 Å². The lowest BCUT2D eigenvalue weighted by Crippen LogP contribution is -2.53. The van der Waals surface area contributed by atoms with E-state index in [1.54, 1.807) is 6.92 Å². The van der Waals surface area contributed by atoms with Crippen molar-refractivity contribution in [3.63, 3.8) is 0 Å². The molecule has 0 aromatic rings. The van der Waals surface area contributed by atoms with Gasteiger partial charge in [-0.3, -0.25) is 4.90 Å². The van der Waals surface area contributed by atoms with Gasteiger partial charge >= 0.3 is 0 Å². The Morgan fingerprint density at radius 2 is 2.25 bits per heavy atom. The minimum atomic E-state index is -0.734. The zero-order valence-corrected chi connectivity index (χ0v) is 10.8. The second-order valence-corrected chi connectivity index (χ2v) is 5.66. The molecule has 0 aromatic heterocycles. The molecule has 1 aliphatic rings. The van der Waals surface area contributed by atoms with E-state index >= 15 is 0 Å². The predicted octanol–water partition coefficient (Wildman–Crippen LogP) is 1.12. The molecule has 0 radical (unpaired) electrons. The third kappa shape index (κ3) is 3.75. The van der Waals surface area contributed by atoms with Crippen LogP contribution in [-0.2, 0) is 4.74 Å². The fraction of sp³-hybridized carbons (Fsp3) is 0.917. The molecule has 1 saturated heterocycles. The van der Waals surface area contributed by atoms with E-state index in [0.717, 1.165) is 19.7 Å². The van der Waals surface area contributed by atoms with Gasteiger partial charge in [-0.1, -0.05) is 0 Å². The van der Waals surface area contributed by atoms with E-state index in [9.17, 15) is 0 Å². The van der Waals surface area contributed by atoms with Gasteiger partial charge in [0.05, 0.1) is 18.3 Å². The summed E-state index contributed by atoms with van der Waals surface area (Å²) in [4.78, 5) is 2.35. The maximum Gasteiger partial charge on any atom is 0.102 e. The first-order valence-corrected chi connectivity index (χ1v) is 5.84. The molecule has 0 aliphatic carbocycles. The van der Waals surface area contributed by atoms with E-state index in [1.807, 2.05) is 0 Å². The molecular formula is C12H23N3O. The number of nitrogens with two attached hydrogens (primary N) is 1. The number of rotatable bonds is 3. The molecule has 4 heteroatoms. The normalized spacial score (nSPS) is 26.8. The third-order valence-electron chi connectivity index (χ3n) is 3.05. The minimum Gasteiger partial charge on any atom is -0.373 e. The van der Waals surface area contributed by atoms with Crippen LogP contribution in [0, 0.1) is 11.3 Å². The zero-order chi connectivity index (χ0) is 12.4. The van der Waals surface area contributed by atoms with Gasteiger partial charge in [0.1, 0.15) is 5.54 Å². The molecule has 2 atom stereocenters. The van der Waals surface area contributed by atoms with E-state index in [1.165, 1.54) is 0 Å². The smallest absolute Gasteiger partial charge is 0.102 e. The highest BCUT2D eigenvalue weighted by atomic mass is 16.5. The topological polar surface area (TPSA) is 62.3 Å². The molecule has 1 fully saturated rings. The molecule has 0 bridgehead atoms. The molecular weight excluding hydrogens is 202 g/mol. The van der Waals surface area contributed by atoms with Crippen LogP contribution in [-0.4, -0.2) is 41.8 Å². The Balaban J connectivity index is 2.55. The standard InChI is InChI=1S/C12H23N3O/c1-10(7-12(4,14)8-13)15-5-6-16-11(2,3)9-15/h10H,5-7,9,14H2,1-4H3. The summed E-state index contributed by atoms with van der Waals surface area (Å²) in [5, 5.41) is 8.93. The van der Waals surface area contributed by atoms with Gasteiger partial charge in [-0.05, 0) is 34.1 Å². The summed E-state index contributed by atoms with van der Waals surface area (Å²) >= 11 is 0. The summed E-state index contributed by atoms with van der Waals surface area (Å²) in [5.74, 6) is 0. The lowest BCUT2D eigenvalue weighted by atomic mass is 9.94. The zero-order valence-electron chi connectivity index (χ0n) is 10.8. The Bertz CT molecular complexity index is 280. The van der Waals surface area contributed by atoms with Gasteiger partial charge in [0.15, 0.2) is 0 Å². The average molecular weight is 225 g/mol. The summed E-state index contributed by atoms with van der Waals surface area (Å²) in [6, 6.07) is 2.47. The van der Waals surface area contributed by atoms with Crippen LogP contribution in [0.15, 0.2) is 0 Å². The minimum absolute atomic E-state index is 0.0931. The van der Waals surface area contributed by atoms with Crippen molar-refractivity contribution >= 4 is 0 Å². The van der Waals surface area contributed by atoms with Gasteiger partial charge < -0.3 is 10.5 Å². The van der Waals surface area contributed by atoms with Crippen LogP contribution in [0.2, 0.25) is 0 Å². The molecule has 0 amide bonds. The lowest BCUT2D eigenvalue weighted by molar-refractivity contribution is -0.0968. The van der Waals surface area contributed by atoms with Crippen LogP contribution in [0.4, 0.5) is 0 Å². The number of hydrogen-bond acceptors (Lipinski definition) is 4. The van der Waals surface area contributed by atoms with Crippen LogP contribution in [0.3, 0.4) is 0 Å². The molecule has 1 aliphatic heterocycles. The predicted molar refractivity (Wildman–Crippen MR) is 63.9 cm³/mol. The molecule has 4 nitrogen and oxygen atoms in total. The highest BCUT2D eigenvalue weighted by Crippen LogP contribution is 2.21. The van der Waals surface area contributed by atoms with Gasteiger partial charge in [-0.2, -0.15) is 5.26 Å². The van der Waals surface area contributed by atoms with Crippen molar-refractivity contribution in [2.45, 2.75) is 51.3 Å². The second kappa shape index (κ2) is 4.70. The highest BCUT2D eigenvalue weighted by Gasteiger charge is 2.32. The van der Waals surface area contributed by atoms with Crippen molar-refractivity contribution < 1.29 is 4.74 Å². The Morgan fingerprint density at radius 1 is 1.62 bits per heavy atom. The summed E-state index contributed by atoms with van der Waals surface area (Å²) < 4.78 is 5.66. The summed E-state index contributed by atoms with van der Waals surface area (Å²) in [6.07, 6.45) is 0.694. The van der Waals surface area contributed by atoms with E-state index in [0.29, 0.717) is 12.5 Å². The monoisotopic (exact) mass is 225 g/mol. The van der Waals surface area contributed by atoms with Crippen LogP contribution in [0.25, 0.3) is 0 Å². The molecule has 0 saturated carbocycles. The van der Waals surface area contributed by atoms with Crippen LogP contribution in [0.5, 0.6) is 0 Å². The molecule has 2 N–H and O–H groups in total. The Labute approximate surface area is 98.4 Å². The van der Waals surface area contributed by atoms with E-state index < -0.39 is 5.54 Å². The molecule has 1 rings (SSSR count). The lowest BCUT2D eigenvalue weighted by Gasteiger charge is -2.42. The maximum absolute atomic E-state index is 8.93. The Morgan fingerprint density at radius 3 is 2.75 bits per heavy atom. The first-order chi connectivity index (χ1) is 7.26. The molecule has 0 spiro atoms. The van der Waals surface area contributed by atoms with E-state index in [-0.39, 0.29) is 5.60 Å². The summed E-state index contributed by atoms with van der Waals surface area (Å²) in [5.41, 5.74) is 5.04. The van der Waals surface area contributed by atoms with Crippen molar-refractivity contribution in [3.8, 4) is 6.07 Å². The summed E-state index contributed by atoms with van der Waals surface area (Å²) in [6.45, 7) is 10.7. The fourth-order valence-electron chi connectivity index (χ4n) is 2.22. The Hall–Kier alpha value is -0.630. The van der Waals surface area contributed by atoms with E-state index in [2.05, 4.69) is 31.7 Å². The quantitative estimate of drug-likeness (QED) is 0.781. The van der Waals surface area contributed by atoms with Gasteiger partial charge in [-0.15, -0.1) is 0 Å². The van der Waals surface area contributed by atoms with Crippen molar-refractivity contribution in [1.29, 1.82) is 5.26 Å². The number of nitrogens with zero attached hydrogens (tertiary/aromatic N) is 2. The van der Waals surface area contributed by atoms with E-state index in [4.69, 9.17) is 15.7 Å². The number of hydrogen-bond donors (Lipinski definition) is 1. The average Bonchev–Trinajstić information content (AvgIpc) is 2.15. The van der Waals surface area contributed by atoms with Crippen LogP contribution < -0.4 is 5.73 Å². The van der Waals surface area contributed by atoms with Gasteiger partial charge in [0.2, 0.25) is 0 Å². The second-order valence-electron chi connectivity index (χ2n) is 5.66. The SMILES string of the molecule is CC(CC(C)(N)C#N)N1CCOC(C)(C)C1. The molecule has 2 unspecified atom stereocenters. The highest BCUT2D eigenvalue weighted by molar-refractivity contribution is 5.03. The molecule has 16 heavy (non-hydrogen) atoms. The first-order valence-electron chi connectivity index (χ1n) is 5.84. The molecule has 1 heterocycles. The van der Waals surface area contributed by atoms with Crippen LogP contribution in [0.1, 0.15) is 34.1 Å². The summed E-state index contributed by atoms with van der Waals surface area (Å²) in [7, 11) is 0. The van der Waals surface area contributed by atoms with Crippen molar-refractivity contribution in [3.05, 3.63) is 0 Å². The Kier molecular flexibility index (Phi) is 3.95.